The number of nitrogens with one attached hydrogen (secondary N) is 1. The molecule has 1 saturated heterocycles. The topological polar surface area (TPSA) is 41.8 Å². The van der Waals surface area contributed by atoms with Crippen molar-refractivity contribution in [3.05, 3.63) is 65.2 Å². The molecule has 128 valence electrons. The number of amides is 2. The highest BCUT2D eigenvalue weighted by atomic mass is 16.2. The first kappa shape index (κ1) is 16.0. The lowest BCUT2D eigenvalue weighted by Gasteiger charge is -2.29. The molecular weight excluding hydrogens is 312 g/mol. The van der Waals surface area contributed by atoms with Crippen molar-refractivity contribution in [3.63, 3.8) is 0 Å². The predicted octanol–water partition coefficient (Wildman–Crippen LogP) is 1.52. The predicted molar refractivity (Wildman–Crippen MR) is 96.4 cm³/mol. The Morgan fingerprint density at radius 2 is 1.76 bits per heavy atom. The summed E-state index contributed by atoms with van der Waals surface area (Å²) in [5.74, 6) is -0.130. The van der Waals surface area contributed by atoms with Crippen LogP contribution in [0.1, 0.15) is 30.0 Å². The third kappa shape index (κ3) is 2.87. The Hall–Kier alpha value is -2.46. The highest BCUT2D eigenvalue weighted by Crippen LogP contribution is 2.23. The van der Waals surface area contributed by atoms with Crippen LogP contribution >= 0.6 is 0 Å². The summed E-state index contributed by atoms with van der Waals surface area (Å²) in [6.45, 7) is 3.82. The van der Waals surface area contributed by atoms with Crippen molar-refractivity contribution in [2.75, 3.05) is 11.4 Å². The second-order valence-electron chi connectivity index (χ2n) is 6.95. The van der Waals surface area contributed by atoms with Gasteiger partial charge in [-0.1, -0.05) is 43.3 Å². The van der Waals surface area contributed by atoms with E-state index in [1.807, 2.05) is 30.3 Å². The fourth-order valence-electron chi connectivity index (χ4n) is 4.00. The molecule has 4 heteroatoms. The van der Waals surface area contributed by atoms with Crippen LogP contribution in [0.3, 0.4) is 0 Å². The minimum atomic E-state index is -0.258. The molecule has 1 fully saturated rings. The highest BCUT2D eigenvalue weighted by Gasteiger charge is 2.46. The number of benzene rings is 2. The van der Waals surface area contributed by atoms with Gasteiger partial charge in [0.05, 0.1) is 18.7 Å². The van der Waals surface area contributed by atoms with Crippen LogP contribution in [-0.2, 0) is 29.0 Å². The molecule has 2 aromatic carbocycles. The summed E-state index contributed by atoms with van der Waals surface area (Å²) in [5.41, 5.74) is 4.58. The van der Waals surface area contributed by atoms with Crippen molar-refractivity contribution >= 4 is 17.5 Å². The van der Waals surface area contributed by atoms with Crippen molar-refractivity contribution in [1.82, 2.24) is 0 Å². The number of imide groups is 1. The fourth-order valence-corrected chi connectivity index (χ4v) is 4.00. The van der Waals surface area contributed by atoms with Gasteiger partial charge in [-0.3, -0.25) is 9.59 Å². The molecule has 2 amide bonds. The van der Waals surface area contributed by atoms with Gasteiger partial charge in [-0.2, -0.15) is 0 Å². The van der Waals surface area contributed by atoms with Gasteiger partial charge in [0.15, 0.2) is 6.04 Å². The third-order valence-electron chi connectivity index (χ3n) is 5.49. The smallest absolute Gasteiger partial charge is 0.292 e. The number of anilines is 1. The van der Waals surface area contributed by atoms with E-state index >= 15 is 0 Å². The first-order valence-corrected chi connectivity index (χ1v) is 9.04. The van der Waals surface area contributed by atoms with E-state index in [1.54, 1.807) is 0 Å². The largest absolute Gasteiger partial charge is 0.320 e. The lowest BCUT2D eigenvalue weighted by atomic mass is 9.98. The summed E-state index contributed by atoms with van der Waals surface area (Å²) in [4.78, 5) is 28.1. The monoisotopic (exact) mass is 335 g/mol. The van der Waals surface area contributed by atoms with E-state index in [2.05, 4.69) is 25.1 Å². The molecule has 0 aliphatic carbocycles. The fraction of sp³-hybridized carbons (Fsp3) is 0.333. The van der Waals surface area contributed by atoms with Crippen molar-refractivity contribution in [1.29, 1.82) is 0 Å². The van der Waals surface area contributed by atoms with E-state index in [1.165, 1.54) is 26.5 Å². The average molecular weight is 335 g/mol. The lowest BCUT2D eigenvalue weighted by Crippen LogP contribution is -3.16. The van der Waals surface area contributed by atoms with Crippen LogP contribution in [0.5, 0.6) is 0 Å². The highest BCUT2D eigenvalue weighted by molar-refractivity contribution is 6.21. The van der Waals surface area contributed by atoms with Crippen molar-refractivity contribution in [2.24, 2.45) is 0 Å². The summed E-state index contributed by atoms with van der Waals surface area (Å²) in [6.07, 6.45) is 2.22. The van der Waals surface area contributed by atoms with Gasteiger partial charge in [0.25, 0.3) is 5.91 Å². The minimum Gasteiger partial charge on any atom is -0.320 e. The Labute approximate surface area is 148 Å². The van der Waals surface area contributed by atoms with Crippen LogP contribution in [0.15, 0.2) is 48.5 Å². The summed E-state index contributed by atoms with van der Waals surface area (Å²) in [7, 11) is 0. The number of carbonyl (C=O) groups excluding carboxylic acids is 2. The van der Waals surface area contributed by atoms with Crippen LogP contribution in [0.25, 0.3) is 0 Å². The molecule has 25 heavy (non-hydrogen) atoms. The molecule has 0 bridgehead atoms. The molecule has 1 N–H and O–H groups in total. The standard InChI is InChI=1S/C21H22N2O2/c1-2-15-7-9-18(10-8-15)23-20(24)13-19(21(23)25)22-12-11-16-5-3-4-6-17(16)14-22/h3-10,19H,2,11-14H2,1H3/p+1/t19-/m0/s1. The van der Waals surface area contributed by atoms with Gasteiger partial charge in [-0.15, -0.1) is 0 Å². The molecule has 2 aromatic rings. The Bertz CT molecular complexity index is 813. The van der Waals surface area contributed by atoms with E-state index in [0.717, 1.165) is 25.9 Å². The maximum absolute atomic E-state index is 13.0. The third-order valence-corrected chi connectivity index (χ3v) is 5.49. The molecule has 2 aliphatic rings. The summed E-state index contributed by atoms with van der Waals surface area (Å²) < 4.78 is 0. The van der Waals surface area contributed by atoms with Crippen molar-refractivity contribution < 1.29 is 14.5 Å². The van der Waals surface area contributed by atoms with Gasteiger partial charge in [0.2, 0.25) is 5.91 Å². The molecule has 2 heterocycles. The first-order valence-electron chi connectivity index (χ1n) is 9.04. The van der Waals surface area contributed by atoms with Gasteiger partial charge in [0.1, 0.15) is 6.54 Å². The number of hydrogen-bond acceptors (Lipinski definition) is 2. The maximum Gasteiger partial charge on any atom is 0.292 e. The van der Waals surface area contributed by atoms with Crippen molar-refractivity contribution in [3.8, 4) is 0 Å². The zero-order valence-corrected chi connectivity index (χ0v) is 14.5. The number of hydrogen-bond donors (Lipinski definition) is 1. The Morgan fingerprint density at radius 1 is 1.04 bits per heavy atom. The second-order valence-corrected chi connectivity index (χ2v) is 6.95. The summed E-state index contributed by atoms with van der Waals surface area (Å²) in [6, 6.07) is 15.9. The number of fused-ring (bicyclic) bond motifs is 1. The van der Waals surface area contributed by atoms with Gasteiger partial charge < -0.3 is 4.90 Å². The number of rotatable bonds is 3. The minimum absolute atomic E-state index is 0.0522. The second kappa shape index (κ2) is 6.45. The van der Waals surface area contributed by atoms with Gasteiger partial charge >= 0.3 is 0 Å². The molecule has 0 aromatic heterocycles. The number of carbonyl (C=O) groups is 2. The van der Waals surface area contributed by atoms with Crippen LogP contribution < -0.4 is 9.80 Å². The molecule has 2 atom stereocenters. The summed E-state index contributed by atoms with van der Waals surface area (Å²) in [5, 5.41) is 0. The van der Waals surface area contributed by atoms with E-state index in [4.69, 9.17) is 0 Å². The first-order chi connectivity index (χ1) is 12.2. The van der Waals surface area contributed by atoms with Gasteiger partial charge in [-0.05, 0) is 29.7 Å². The van der Waals surface area contributed by atoms with Crippen LogP contribution in [0.4, 0.5) is 5.69 Å². The molecule has 1 unspecified atom stereocenters. The Kier molecular flexibility index (Phi) is 4.14. The molecule has 2 aliphatic heterocycles. The number of quaternary nitrogens is 1. The normalized spacial score (nSPS) is 23.0. The molecule has 0 spiro atoms. The maximum atomic E-state index is 13.0. The number of nitrogens with zero attached hydrogens (tertiary/aromatic N) is 1. The number of aryl methyl sites for hydroxylation is 1. The SMILES string of the molecule is CCc1ccc(N2C(=O)C[C@H]([NH+]3CCc4ccccc4C3)C2=O)cc1. The molecular formula is C21H23N2O2+. The zero-order valence-electron chi connectivity index (χ0n) is 14.5. The molecule has 4 rings (SSSR count). The average Bonchev–Trinajstić information content (AvgIpc) is 2.96. The van der Waals surface area contributed by atoms with Crippen LogP contribution in [0.2, 0.25) is 0 Å². The lowest BCUT2D eigenvalue weighted by molar-refractivity contribution is -0.930. The summed E-state index contributed by atoms with van der Waals surface area (Å²) >= 11 is 0. The molecule has 0 radical (unpaired) electrons. The van der Waals surface area contributed by atoms with Crippen molar-refractivity contribution in [2.45, 2.75) is 38.8 Å². The zero-order chi connectivity index (χ0) is 17.4. The van der Waals surface area contributed by atoms with Gasteiger partial charge in [-0.25, -0.2) is 4.90 Å². The quantitative estimate of drug-likeness (QED) is 0.864. The van der Waals surface area contributed by atoms with Crippen LogP contribution in [-0.4, -0.2) is 24.4 Å². The van der Waals surface area contributed by atoms with E-state index in [-0.39, 0.29) is 17.9 Å². The Morgan fingerprint density at radius 3 is 2.48 bits per heavy atom. The van der Waals surface area contributed by atoms with E-state index in [0.29, 0.717) is 12.1 Å². The molecule has 0 saturated carbocycles. The van der Waals surface area contributed by atoms with Gasteiger partial charge in [0, 0.05) is 12.0 Å². The van der Waals surface area contributed by atoms with E-state index in [9.17, 15) is 9.59 Å². The molecule has 4 nitrogen and oxygen atoms in total. The Balaban J connectivity index is 1.55. The van der Waals surface area contributed by atoms with E-state index < -0.39 is 0 Å². The van der Waals surface area contributed by atoms with Crippen LogP contribution in [0, 0.1) is 0 Å².